The molecule has 0 saturated carbocycles. The summed E-state index contributed by atoms with van der Waals surface area (Å²) < 4.78 is 30.6. The zero-order chi connectivity index (χ0) is 18.0. The average Bonchev–Trinajstić information content (AvgIpc) is 2.99. The SMILES string of the molecule is COC(=O)C(Cc1ccc2[nH]c(C)cc2c1)S(=O)(=O)c1ccccc1. The first kappa shape index (κ1) is 17.2. The molecule has 0 aliphatic heterocycles. The molecule has 1 N–H and O–H groups in total. The molecule has 130 valence electrons. The molecule has 0 saturated heterocycles. The van der Waals surface area contributed by atoms with Crippen LogP contribution in [0.3, 0.4) is 0 Å². The van der Waals surface area contributed by atoms with Crippen LogP contribution in [0.5, 0.6) is 0 Å². The Kier molecular flexibility index (Phi) is 4.63. The zero-order valence-electron chi connectivity index (χ0n) is 14.0. The summed E-state index contributed by atoms with van der Waals surface area (Å²) in [4.78, 5) is 15.5. The van der Waals surface area contributed by atoms with Crippen molar-refractivity contribution in [1.29, 1.82) is 0 Å². The van der Waals surface area contributed by atoms with Crippen LogP contribution >= 0.6 is 0 Å². The van der Waals surface area contributed by atoms with E-state index in [9.17, 15) is 13.2 Å². The molecule has 0 bridgehead atoms. The summed E-state index contributed by atoms with van der Waals surface area (Å²) >= 11 is 0. The van der Waals surface area contributed by atoms with Gasteiger partial charge in [-0.2, -0.15) is 0 Å². The number of aryl methyl sites for hydroxylation is 1. The average molecular weight is 357 g/mol. The highest BCUT2D eigenvalue weighted by Crippen LogP contribution is 2.23. The van der Waals surface area contributed by atoms with Gasteiger partial charge in [0.2, 0.25) is 0 Å². The number of rotatable bonds is 5. The molecule has 1 unspecified atom stereocenters. The Bertz CT molecular complexity index is 1010. The van der Waals surface area contributed by atoms with Crippen LogP contribution in [0.1, 0.15) is 11.3 Å². The Balaban J connectivity index is 1.99. The van der Waals surface area contributed by atoms with Crippen molar-refractivity contribution in [2.45, 2.75) is 23.5 Å². The van der Waals surface area contributed by atoms with Crippen LogP contribution < -0.4 is 0 Å². The third-order valence-electron chi connectivity index (χ3n) is 4.15. The molecular formula is C19H19NO4S. The second-order valence-corrected chi connectivity index (χ2v) is 8.08. The summed E-state index contributed by atoms with van der Waals surface area (Å²) in [7, 11) is -2.64. The number of fused-ring (bicyclic) bond motifs is 1. The minimum atomic E-state index is -3.84. The van der Waals surface area contributed by atoms with E-state index < -0.39 is 21.1 Å². The van der Waals surface area contributed by atoms with E-state index in [2.05, 4.69) is 4.98 Å². The van der Waals surface area contributed by atoms with Crippen molar-refractivity contribution < 1.29 is 17.9 Å². The van der Waals surface area contributed by atoms with E-state index in [0.29, 0.717) is 0 Å². The number of aromatic amines is 1. The number of H-pyrrole nitrogens is 1. The second-order valence-electron chi connectivity index (χ2n) is 5.95. The maximum atomic E-state index is 12.9. The number of carbonyl (C=O) groups is 1. The van der Waals surface area contributed by atoms with Crippen LogP contribution in [0.25, 0.3) is 10.9 Å². The van der Waals surface area contributed by atoms with Crippen LogP contribution in [-0.4, -0.2) is 31.7 Å². The maximum Gasteiger partial charge on any atom is 0.324 e. The number of benzene rings is 2. The Morgan fingerprint density at radius 3 is 2.52 bits per heavy atom. The number of hydrogen-bond acceptors (Lipinski definition) is 4. The first-order chi connectivity index (χ1) is 11.9. The van der Waals surface area contributed by atoms with Crippen LogP contribution in [0, 0.1) is 6.92 Å². The molecule has 0 aliphatic carbocycles. The highest BCUT2D eigenvalue weighted by atomic mass is 32.2. The van der Waals surface area contributed by atoms with Crippen molar-refractivity contribution >= 4 is 26.7 Å². The lowest BCUT2D eigenvalue weighted by molar-refractivity contribution is -0.140. The van der Waals surface area contributed by atoms with Gasteiger partial charge < -0.3 is 9.72 Å². The van der Waals surface area contributed by atoms with Crippen LogP contribution in [0.2, 0.25) is 0 Å². The van der Waals surface area contributed by atoms with Gasteiger partial charge in [0.25, 0.3) is 0 Å². The van der Waals surface area contributed by atoms with Crippen LogP contribution in [0.15, 0.2) is 59.5 Å². The van der Waals surface area contributed by atoms with E-state index in [-0.39, 0.29) is 11.3 Å². The molecule has 0 spiro atoms. The molecule has 1 atom stereocenters. The summed E-state index contributed by atoms with van der Waals surface area (Å²) in [6.07, 6.45) is 0.0596. The third-order valence-corrected chi connectivity index (χ3v) is 6.19. The summed E-state index contributed by atoms with van der Waals surface area (Å²) in [6.45, 7) is 1.96. The van der Waals surface area contributed by atoms with Gasteiger partial charge in [-0.1, -0.05) is 24.3 Å². The molecule has 2 aromatic carbocycles. The lowest BCUT2D eigenvalue weighted by Crippen LogP contribution is -2.33. The predicted octanol–water partition coefficient (Wildman–Crippen LogP) is 3.03. The Hall–Kier alpha value is -2.60. The van der Waals surface area contributed by atoms with E-state index in [4.69, 9.17) is 4.74 Å². The summed E-state index contributed by atoms with van der Waals surface area (Å²) in [5, 5.41) is -0.298. The van der Waals surface area contributed by atoms with E-state index in [1.807, 2.05) is 31.2 Å². The number of esters is 1. The largest absolute Gasteiger partial charge is 0.468 e. The highest BCUT2D eigenvalue weighted by Gasteiger charge is 2.35. The topological polar surface area (TPSA) is 76.2 Å². The van der Waals surface area contributed by atoms with Gasteiger partial charge in [0.15, 0.2) is 15.1 Å². The standard InChI is InChI=1S/C19H19NO4S/c1-13-10-15-11-14(8-9-17(15)20-13)12-18(19(21)24-2)25(22,23)16-6-4-3-5-7-16/h3-11,18,20H,12H2,1-2H3. The second kappa shape index (κ2) is 6.72. The van der Waals surface area contributed by atoms with E-state index >= 15 is 0 Å². The molecule has 1 aromatic heterocycles. The van der Waals surface area contributed by atoms with E-state index in [1.54, 1.807) is 18.2 Å². The zero-order valence-corrected chi connectivity index (χ0v) is 14.8. The number of nitrogens with one attached hydrogen (secondary N) is 1. The predicted molar refractivity (Wildman–Crippen MR) is 96.2 cm³/mol. The fourth-order valence-corrected chi connectivity index (χ4v) is 4.52. The fourth-order valence-electron chi connectivity index (χ4n) is 2.89. The summed E-state index contributed by atoms with van der Waals surface area (Å²) in [5.74, 6) is -0.755. The van der Waals surface area contributed by atoms with Crippen molar-refractivity contribution in [3.63, 3.8) is 0 Å². The highest BCUT2D eigenvalue weighted by molar-refractivity contribution is 7.92. The minimum absolute atomic E-state index is 0.0596. The molecule has 0 amide bonds. The van der Waals surface area contributed by atoms with Gasteiger partial charge in [-0.25, -0.2) is 8.42 Å². The monoisotopic (exact) mass is 357 g/mol. The third kappa shape index (κ3) is 3.44. The van der Waals surface area contributed by atoms with Crippen molar-refractivity contribution in [1.82, 2.24) is 4.98 Å². The van der Waals surface area contributed by atoms with Crippen LogP contribution in [-0.2, 0) is 25.8 Å². The summed E-state index contributed by atoms with van der Waals surface area (Å²) in [5.41, 5.74) is 2.76. The molecule has 1 heterocycles. The van der Waals surface area contributed by atoms with Gasteiger partial charge in [0.05, 0.1) is 12.0 Å². The molecule has 5 nitrogen and oxygen atoms in total. The van der Waals surface area contributed by atoms with Gasteiger partial charge in [0, 0.05) is 17.6 Å². The van der Waals surface area contributed by atoms with Gasteiger partial charge >= 0.3 is 5.97 Å². The van der Waals surface area contributed by atoms with Crippen molar-refractivity contribution in [2.75, 3.05) is 7.11 Å². The molecule has 0 radical (unpaired) electrons. The van der Waals surface area contributed by atoms with Crippen molar-refractivity contribution in [3.05, 3.63) is 65.9 Å². The van der Waals surface area contributed by atoms with Gasteiger partial charge in [-0.05, 0) is 48.2 Å². The van der Waals surface area contributed by atoms with E-state index in [1.165, 1.54) is 19.2 Å². The lowest BCUT2D eigenvalue weighted by Gasteiger charge is -2.16. The first-order valence-corrected chi connectivity index (χ1v) is 9.41. The van der Waals surface area contributed by atoms with Crippen molar-refractivity contribution in [3.8, 4) is 0 Å². The molecule has 3 aromatic rings. The fraction of sp³-hybridized carbons (Fsp3) is 0.211. The number of sulfone groups is 1. The normalized spacial score (nSPS) is 12.9. The Labute approximate surface area is 146 Å². The van der Waals surface area contributed by atoms with E-state index in [0.717, 1.165) is 22.2 Å². The molecule has 0 aliphatic rings. The molecular weight excluding hydrogens is 338 g/mol. The molecule has 25 heavy (non-hydrogen) atoms. The molecule has 6 heteroatoms. The lowest BCUT2D eigenvalue weighted by atomic mass is 10.1. The number of methoxy groups -OCH3 is 1. The minimum Gasteiger partial charge on any atom is -0.468 e. The van der Waals surface area contributed by atoms with Crippen molar-refractivity contribution in [2.24, 2.45) is 0 Å². The maximum absolute atomic E-state index is 12.9. The number of ether oxygens (including phenoxy) is 1. The molecule has 3 rings (SSSR count). The Morgan fingerprint density at radius 1 is 1.12 bits per heavy atom. The summed E-state index contributed by atoms with van der Waals surface area (Å²) in [6, 6.07) is 15.6. The van der Waals surface area contributed by atoms with Gasteiger partial charge in [-0.15, -0.1) is 0 Å². The van der Waals surface area contributed by atoms with Gasteiger partial charge in [0.1, 0.15) is 0 Å². The smallest absolute Gasteiger partial charge is 0.324 e. The quantitative estimate of drug-likeness (QED) is 0.712. The Morgan fingerprint density at radius 2 is 1.84 bits per heavy atom. The molecule has 0 fully saturated rings. The first-order valence-electron chi connectivity index (χ1n) is 7.87. The number of aromatic nitrogens is 1. The number of hydrogen-bond donors (Lipinski definition) is 1. The van der Waals surface area contributed by atoms with Gasteiger partial charge in [-0.3, -0.25) is 4.79 Å². The number of carbonyl (C=O) groups excluding carboxylic acids is 1. The van der Waals surface area contributed by atoms with Crippen LogP contribution in [0.4, 0.5) is 0 Å².